The smallest absolute Gasteiger partial charge is 0.258 e. The molecule has 120 valence electrons. The van der Waals surface area contributed by atoms with Crippen LogP contribution in [-0.2, 0) is 6.42 Å². The topological polar surface area (TPSA) is 47.6 Å². The first-order valence-corrected chi connectivity index (χ1v) is 7.60. The zero-order chi connectivity index (χ0) is 16.4. The first-order valence-electron chi connectivity index (χ1n) is 7.60. The number of carbonyl (C=O) groups excluding carboxylic acids is 1. The van der Waals surface area contributed by atoms with E-state index in [-0.39, 0.29) is 11.7 Å². The minimum Gasteiger partial charge on any atom is -0.492 e. The van der Waals surface area contributed by atoms with E-state index in [1.165, 1.54) is 12.1 Å². The summed E-state index contributed by atoms with van der Waals surface area (Å²) < 4.78 is 25.1. The van der Waals surface area contributed by atoms with Gasteiger partial charge in [-0.15, -0.1) is 0 Å². The van der Waals surface area contributed by atoms with Crippen LogP contribution in [0.5, 0.6) is 11.5 Å². The van der Waals surface area contributed by atoms with Gasteiger partial charge in [0, 0.05) is 18.1 Å². The maximum Gasteiger partial charge on any atom is 0.258 e. The Kier molecular flexibility index (Phi) is 4.19. The number of nitrogens with one attached hydrogen (secondary N) is 1. The van der Waals surface area contributed by atoms with Crippen LogP contribution in [0.3, 0.4) is 0 Å². The van der Waals surface area contributed by atoms with Gasteiger partial charge in [-0.3, -0.25) is 4.79 Å². The van der Waals surface area contributed by atoms with Crippen LogP contribution in [0, 0.1) is 5.82 Å². The van der Waals surface area contributed by atoms with E-state index >= 15 is 0 Å². The molecular formula is C18H18FNO3. The molecule has 1 unspecified atom stereocenters. The minimum atomic E-state index is -0.561. The summed E-state index contributed by atoms with van der Waals surface area (Å²) in [6, 6.07) is 9.47. The Bertz CT molecular complexity index is 745. The Morgan fingerprint density at radius 3 is 2.91 bits per heavy atom. The summed E-state index contributed by atoms with van der Waals surface area (Å²) >= 11 is 0. The lowest BCUT2D eigenvalue weighted by atomic mass is 10.1. The van der Waals surface area contributed by atoms with Gasteiger partial charge in [-0.2, -0.15) is 0 Å². The molecule has 1 N–H and O–H groups in total. The molecule has 1 aliphatic rings. The monoisotopic (exact) mass is 315 g/mol. The molecule has 1 amide bonds. The number of anilines is 1. The average Bonchev–Trinajstić information content (AvgIpc) is 2.87. The van der Waals surface area contributed by atoms with Crippen LogP contribution in [0.2, 0.25) is 0 Å². The second-order valence-electron chi connectivity index (χ2n) is 5.46. The van der Waals surface area contributed by atoms with Gasteiger partial charge in [0.1, 0.15) is 23.4 Å². The van der Waals surface area contributed by atoms with Crippen LogP contribution in [0.4, 0.5) is 10.1 Å². The molecule has 23 heavy (non-hydrogen) atoms. The Morgan fingerprint density at radius 1 is 1.39 bits per heavy atom. The van der Waals surface area contributed by atoms with E-state index in [2.05, 4.69) is 5.32 Å². The van der Waals surface area contributed by atoms with Crippen molar-refractivity contribution in [1.82, 2.24) is 0 Å². The first kappa shape index (κ1) is 15.3. The fraction of sp³-hybridized carbons (Fsp3) is 0.278. The van der Waals surface area contributed by atoms with Gasteiger partial charge in [-0.05, 0) is 32.0 Å². The summed E-state index contributed by atoms with van der Waals surface area (Å²) in [5.41, 5.74) is 1.52. The number of carbonyl (C=O) groups is 1. The number of benzene rings is 2. The second kappa shape index (κ2) is 6.28. The van der Waals surface area contributed by atoms with Gasteiger partial charge < -0.3 is 14.8 Å². The molecule has 1 atom stereocenters. The highest BCUT2D eigenvalue weighted by Crippen LogP contribution is 2.38. The highest BCUT2D eigenvalue weighted by molar-refractivity contribution is 6.05. The van der Waals surface area contributed by atoms with Crippen molar-refractivity contribution in [3.63, 3.8) is 0 Å². The molecule has 0 fully saturated rings. The van der Waals surface area contributed by atoms with Crippen molar-refractivity contribution in [2.45, 2.75) is 26.4 Å². The molecule has 0 saturated carbocycles. The molecule has 5 heteroatoms. The van der Waals surface area contributed by atoms with Crippen molar-refractivity contribution in [3.8, 4) is 11.5 Å². The van der Waals surface area contributed by atoms with E-state index in [1.54, 1.807) is 18.2 Å². The molecule has 1 aliphatic heterocycles. The van der Waals surface area contributed by atoms with Crippen molar-refractivity contribution in [2.75, 3.05) is 11.9 Å². The standard InChI is InChI=1S/C18H18FNO3/c1-3-22-17-9-12-8-11(2)23-16(12)10-15(17)20-18(21)13-6-4-5-7-14(13)19/h4-7,9-11H,3,8H2,1-2H3,(H,20,21). The third-order valence-electron chi connectivity index (χ3n) is 3.66. The van der Waals surface area contributed by atoms with Crippen LogP contribution < -0.4 is 14.8 Å². The molecule has 4 nitrogen and oxygen atoms in total. The van der Waals surface area contributed by atoms with Crippen LogP contribution >= 0.6 is 0 Å². The predicted octanol–water partition coefficient (Wildman–Crippen LogP) is 3.80. The number of hydrogen-bond acceptors (Lipinski definition) is 3. The van der Waals surface area contributed by atoms with E-state index in [4.69, 9.17) is 9.47 Å². The second-order valence-corrected chi connectivity index (χ2v) is 5.46. The lowest BCUT2D eigenvalue weighted by molar-refractivity contribution is 0.102. The average molecular weight is 315 g/mol. The summed E-state index contributed by atoms with van der Waals surface area (Å²) in [6.45, 7) is 4.32. The van der Waals surface area contributed by atoms with E-state index < -0.39 is 11.7 Å². The third kappa shape index (κ3) is 3.13. The Labute approximate surface area is 134 Å². The molecule has 2 aromatic rings. The van der Waals surface area contributed by atoms with Gasteiger partial charge in [0.2, 0.25) is 0 Å². The van der Waals surface area contributed by atoms with Crippen molar-refractivity contribution >= 4 is 11.6 Å². The number of hydrogen-bond donors (Lipinski definition) is 1. The van der Waals surface area contributed by atoms with Gasteiger partial charge in [-0.25, -0.2) is 4.39 Å². The molecule has 3 rings (SSSR count). The van der Waals surface area contributed by atoms with E-state index in [0.717, 1.165) is 17.7 Å². The highest BCUT2D eigenvalue weighted by atomic mass is 19.1. The summed E-state index contributed by atoms with van der Waals surface area (Å²) in [7, 11) is 0. The van der Waals surface area contributed by atoms with Gasteiger partial charge in [0.05, 0.1) is 17.9 Å². The number of fused-ring (bicyclic) bond motifs is 1. The van der Waals surface area contributed by atoms with Crippen LogP contribution in [0.25, 0.3) is 0 Å². The normalized spacial score (nSPS) is 15.7. The lowest BCUT2D eigenvalue weighted by Gasteiger charge is -2.13. The highest BCUT2D eigenvalue weighted by Gasteiger charge is 2.23. The van der Waals surface area contributed by atoms with Crippen LogP contribution in [0.1, 0.15) is 29.8 Å². The molecule has 0 aliphatic carbocycles. The SMILES string of the molecule is CCOc1cc2c(cc1NC(=O)c1ccccc1F)OC(C)C2. The predicted molar refractivity (Wildman–Crippen MR) is 85.8 cm³/mol. The zero-order valence-electron chi connectivity index (χ0n) is 13.1. The summed E-state index contributed by atoms with van der Waals surface area (Å²) in [4.78, 5) is 12.3. The van der Waals surface area contributed by atoms with Crippen LogP contribution in [0.15, 0.2) is 36.4 Å². The number of halogens is 1. The van der Waals surface area contributed by atoms with Gasteiger partial charge >= 0.3 is 0 Å². The van der Waals surface area contributed by atoms with Crippen molar-refractivity contribution < 1.29 is 18.7 Å². The quantitative estimate of drug-likeness (QED) is 0.933. The Balaban J connectivity index is 1.91. The fourth-order valence-corrected chi connectivity index (χ4v) is 2.65. The molecule has 2 aromatic carbocycles. The van der Waals surface area contributed by atoms with E-state index in [0.29, 0.717) is 18.0 Å². The van der Waals surface area contributed by atoms with Gasteiger partial charge in [-0.1, -0.05) is 12.1 Å². The summed E-state index contributed by atoms with van der Waals surface area (Å²) in [5, 5.41) is 2.71. The van der Waals surface area contributed by atoms with Crippen molar-refractivity contribution in [2.24, 2.45) is 0 Å². The van der Waals surface area contributed by atoms with Crippen LogP contribution in [-0.4, -0.2) is 18.6 Å². The summed E-state index contributed by atoms with van der Waals surface area (Å²) in [6.07, 6.45) is 0.897. The van der Waals surface area contributed by atoms with Gasteiger partial charge in [0.15, 0.2) is 0 Å². The number of rotatable bonds is 4. The van der Waals surface area contributed by atoms with E-state index in [1.807, 2.05) is 19.9 Å². The maximum atomic E-state index is 13.7. The lowest BCUT2D eigenvalue weighted by Crippen LogP contribution is -2.14. The molecule has 0 aromatic heterocycles. The molecule has 0 radical (unpaired) electrons. The number of ether oxygens (including phenoxy) is 2. The Hall–Kier alpha value is -2.56. The zero-order valence-corrected chi connectivity index (χ0v) is 13.1. The molecule has 0 saturated heterocycles. The fourth-order valence-electron chi connectivity index (χ4n) is 2.65. The van der Waals surface area contributed by atoms with Crippen molar-refractivity contribution in [3.05, 3.63) is 53.3 Å². The molecule has 1 heterocycles. The Morgan fingerprint density at radius 2 is 2.17 bits per heavy atom. The largest absolute Gasteiger partial charge is 0.492 e. The number of amides is 1. The van der Waals surface area contributed by atoms with E-state index in [9.17, 15) is 9.18 Å². The first-order chi connectivity index (χ1) is 11.1. The molecule has 0 bridgehead atoms. The third-order valence-corrected chi connectivity index (χ3v) is 3.66. The molecule has 0 spiro atoms. The van der Waals surface area contributed by atoms with Crippen molar-refractivity contribution in [1.29, 1.82) is 0 Å². The molecular weight excluding hydrogens is 297 g/mol. The van der Waals surface area contributed by atoms with Gasteiger partial charge in [0.25, 0.3) is 5.91 Å². The maximum absolute atomic E-state index is 13.7. The summed E-state index contributed by atoms with van der Waals surface area (Å²) in [5.74, 6) is 0.211. The minimum absolute atomic E-state index is 0.00951.